The Kier molecular flexibility index (Phi) is 8.57. The van der Waals surface area contributed by atoms with Gasteiger partial charge in [0.2, 0.25) is 11.8 Å². The first-order chi connectivity index (χ1) is 15.9. The number of nitrogens with one attached hydrogen (secondary N) is 1. The number of hydrogen-bond acceptors (Lipinski definition) is 6. The number of rotatable bonds is 12. The molecule has 178 valence electrons. The number of benzene rings is 1. The van der Waals surface area contributed by atoms with Crippen LogP contribution in [0.25, 0.3) is 11.0 Å². The second kappa shape index (κ2) is 11.4. The van der Waals surface area contributed by atoms with Crippen LogP contribution >= 0.6 is 11.3 Å². The molecular weight excluding hydrogens is 438 g/mol. The van der Waals surface area contributed by atoms with E-state index in [4.69, 9.17) is 4.74 Å². The largest absolute Gasteiger partial charge is 0.382 e. The van der Waals surface area contributed by atoms with Gasteiger partial charge in [-0.3, -0.25) is 9.59 Å². The molecule has 3 rings (SSSR count). The fraction of sp³-hybridized carbons (Fsp3) is 0.500. The van der Waals surface area contributed by atoms with Crippen LogP contribution in [-0.2, 0) is 20.9 Å². The van der Waals surface area contributed by atoms with Gasteiger partial charge >= 0.3 is 0 Å². The van der Waals surface area contributed by atoms with Crippen molar-refractivity contribution in [2.45, 2.75) is 58.7 Å². The molecule has 0 bridgehead atoms. The van der Waals surface area contributed by atoms with Crippen LogP contribution in [0.2, 0.25) is 0 Å². The molecule has 3 aromatic rings. The van der Waals surface area contributed by atoms with Crippen molar-refractivity contribution < 1.29 is 14.3 Å². The molecule has 0 aliphatic rings. The monoisotopic (exact) mass is 471 g/mol. The van der Waals surface area contributed by atoms with Gasteiger partial charge in [0.15, 0.2) is 0 Å². The van der Waals surface area contributed by atoms with Gasteiger partial charge in [-0.25, -0.2) is 4.68 Å². The zero-order valence-electron chi connectivity index (χ0n) is 19.8. The number of fused-ring (bicyclic) bond motifs is 1. The van der Waals surface area contributed by atoms with Crippen LogP contribution in [0.3, 0.4) is 0 Å². The summed E-state index contributed by atoms with van der Waals surface area (Å²) in [6.45, 7) is 9.47. The van der Waals surface area contributed by atoms with Gasteiger partial charge in [0.25, 0.3) is 0 Å². The minimum atomic E-state index is -0.722. The quantitative estimate of drug-likeness (QED) is 0.406. The molecule has 0 aliphatic heterocycles. The molecule has 9 heteroatoms. The molecular formula is C24H33N5O3S. The summed E-state index contributed by atoms with van der Waals surface area (Å²) in [5, 5.41) is 13.4. The van der Waals surface area contributed by atoms with Crippen molar-refractivity contribution in [3.05, 3.63) is 46.7 Å². The van der Waals surface area contributed by atoms with Crippen LogP contribution in [-0.4, -0.2) is 57.0 Å². The first-order valence-corrected chi connectivity index (χ1v) is 12.2. The Morgan fingerprint density at radius 3 is 2.70 bits per heavy atom. The van der Waals surface area contributed by atoms with Gasteiger partial charge in [0.05, 0.1) is 5.52 Å². The Morgan fingerprint density at radius 1 is 1.21 bits per heavy atom. The second-order valence-electron chi connectivity index (χ2n) is 8.52. The molecule has 2 aromatic heterocycles. The summed E-state index contributed by atoms with van der Waals surface area (Å²) in [6, 6.07) is 10.6. The van der Waals surface area contributed by atoms with Crippen LogP contribution in [0.4, 0.5) is 0 Å². The predicted octanol–water partition coefficient (Wildman–Crippen LogP) is 3.79. The van der Waals surface area contributed by atoms with Crippen LogP contribution in [0, 0.1) is 0 Å². The van der Waals surface area contributed by atoms with Gasteiger partial charge in [-0.1, -0.05) is 30.3 Å². The summed E-state index contributed by atoms with van der Waals surface area (Å²) in [7, 11) is 0. The van der Waals surface area contributed by atoms with E-state index in [0.29, 0.717) is 26.2 Å². The Bertz CT molecular complexity index is 1050. The average molecular weight is 472 g/mol. The Labute approximate surface area is 198 Å². The van der Waals surface area contributed by atoms with Gasteiger partial charge < -0.3 is 15.0 Å². The first-order valence-electron chi connectivity index (χ1n) is 11.4. The van der Waals surface area contributed by atoms with E-state index in [-0.39, 0.29) is 23.9 Å². The number of thiophene rings is 1. The maximum absolute atomic E-state index is 13.6. The highest BCUT2D eigenvalue weighted by Gasteiger charge is 2.34. The van der Waals surface area contributed by atoms with Gasteiger partial charge in [-0.05, 0) is 57.2 Å². The lowest BCUT2D eigenvalue weighted by atomic mass is 10.0. The van der Waals surface area contributed by atoms with Crippen molar-refractivity contribution in [2.24, 2.45) is 0 Å². The Morgan fingerprint density at radius 2 is 2.00 bits per heavy atom. The molecule has 0 aliphatic carbocycles. The number of amides is 2. The summed E-state index contributed by atoms with van der Waals surface area (Å²) in [5.74, 6) is -0.373. The number of carbonyl (C=O) groups is 2. The summed E-state index contributed by atoms with van der Waals surface area (Å²) in [4.78, 5) is 29.6. The summed E-state index contributed by atoms with van der Waals surface area (Å²) >= 11 is 1.47. The lowest BCUT2D eigenvalue weighted by Crippen LogP contribution is -2.51. The van der Waals surface area contributed by atoms with Crippen LogP contribution < -0.4 is 5.32 Å². The Hall–Kier alpha value is -2.78. The third-order valence-corrected chi connectivity index (χ3v) is 6.56. The molecule has 1 atom stereocenters. The van der Waals surface area contributed by atoms with E-state index < -0.39 is 6.04 Å². The third-order valence-electron chi connectivity index (χ3n) is 5.64. The van der Waals surface area contributed by atoms with Crippen molar-refractivity contribution in [1.82, 2.24) is 25.2 Å². The van der Waals surface area contributed by atoms with E-state index >= 15 is 0 Å². The van der Waals surface area contributed by atoms with Crippen molar-refractivity contribution in [3.63, 3.8) is 0 Å². The number of hydrogen-bond donors (Lipinski definition) is 1. The van der Waals surface area contributed by atoms with Crippen molar-refractivity contribution in [1.29, 1.82) is 0 Å². The zero-order chi connectivity index (χ0) is 23.8. The Balaban J connectivity index is 1.91. The molecule has 0 saturated heterocycles. The summed E-state index contributed by atoms with van der Waals surface area (Å²) in [5.41, 5.74) is 1.13. The lowest BCUT2D eigenvalue weighted by Gasteiger charge is -2.34. The van der Waals surface area contributed by atoms with Crippen LogP contribution in [0.5, 0.6) is 0 Å². The number of para-hydroxylation sites is 1. The van der Waals surface area contributed by atoms with Crippen molar-refractivity contribution in [3.8, 4) is 0 Å². The highest BCUT2D eigenvalue weighted by molar-refractivity contribution is 7.10. The fourth-order valence-electron chi connectivity index (χ4n) is 3.49. The number of carbonyl (C=O) groups excluding carboxylic acids is 2. The normalized spacial score (nSPS) is 12.6. The van der Waals surface area contributed by atoms with E-state index in [2.05, 4.69) is 15.6 Å². The molecule has 8 nitrogen and oxygen atoms in total. The van der Waals surface area contributed by atoms with Crippen molar-refractivity contribution >= 4 is 34.2 Å². The SMILES string of the molecule is CCOCCCN(C(=O)Cn1nnc2ccccc21)[C@@H](C(=O)NC(C)(C)CC)c1cccs1. The van der Waals surface area contributed by atoms with E-state index in [1.165, 1.54) is 11.3 Å². The smallest absolute Gasteiger partial charge is 0.248 e. The van der Waals surface area contributed by atoms with Crippen LogP contribution in [0.1, 0.15) is 51.5 Å². The molecule has 2 heterocycles. The van der Waals surface area contributed by atoms with E-state index in [1.807, 2.05) is 69.5 Å². The summed E-state index contributed by atoms with van der Waals surface area (Å²) in [6.07, 6.45) is 1.41. The molecule has 0 spiro atoms. The minimum Gasteiger partial charge on any atom is -0.382 e. The number of ether oxygens (including phenoxy) is 1. The van der Waals surface area contributed by atoms with E-state index in [9.17, 15) is 9.59 Å². The maximum Gasteiger partial charge on any atom is 0.248 e. The number of nitrogens with zero attached hydrogens (tertiary/aromatic N) is 4. The highest BCUT2D eigenvalue weighted by Crippen LogP contribution is 2.28. The van der Waals surface area contributed by atoms with Gasteiger partial charge in [0, 0.05) is 30.2 Å². The topological polar surface area (TPSA) is 89.3 Å². The minimum absolute atomic E-state index is 0.00146. The molecule has 33 heavy (non-hydrogen) atoms. The standard InChI is InChI=1S/C24H33N5O3S/c1-5-24(3,4)25-23(31)22(20-13-9-16-33-20)28(14-10-15-32-6-2)21(30)17-29-19-12-8-7-11-18(19)26-27-29/h7-9,11-13,16,22H,5-6,10,14-15,17H2,1-4H3,(H,25,31)/t22-/m1/s1. The molecule has 0 radical (unpaired) electrons. The lowest BCUT2D eigenvalue weighted by molar-refractivity contribution is -0.142. The summed E-state index contributed by atoms with van der Waals surface area (Å²) < 4.78 is 7.08. The van der Waals surface area contributed by atoms with Crippen LogP contribution in [0.15, 0.2) is 41.8 Å². The fourth-order valence-corrected chi connectivity index (χ4v) is 4.33. The van der Waals surface area contributed by atoms with Gasteiger partial charge in [-0.2, -0.15) is 0 Å². The first kappa shape index (κ1) is 24.9. The second-order valence-corrected chi connectivity index (χ2v) is 9.50. The molecule has 0 saturated carbocycles. The molecule has 1 aromatic carbocycles. The third kappa shape index (κ3) is 6.39. The van der Waals surface area contributed by atoms with E-state index in [0.717, 1.165) is 22.3 Å². The average Bonchev–Trinajstić information content (AvgIpc) is 3.46. The number of aromatic nitrogens is 3. The predicted molar refractivity (Wildman–Crippen MR) is 130 cm³/mol. The molecule has 1 N–H and O–H groups in total. The highest BCUT2D eigenvalue weighted by atomic mass is 32.1. The van der Waals surface area contributed by atoms with E-state index in [1.54, 1.807) is 9.58 Å². The van der Waals surface area contributed by atoms with Gasteiger partial charge in [0.1, 0.15) is 18.1 Å². The van der Waals surface area contributed by atoms with Crippen molar-refractivity contribution in [2.75, 3.05) is 19.8 Å². The maximum atomic E-state index is 13.6. The zero-order valence-corrected chi connectivity index (χ0v) is 20.6. The molecule has 0 unspecified atom stereocenters. The van der Waals surface area contributed by atoms with Gasteiger partial charge in [-0.15, -0.1) is 16.4 Å². The molecule has 0 fully saturated rings. The molecule has 2 amide bonds.